The zero-order chi connectivity index (χ0) is 16.4. The van der Waals surface area contributed by atoms with Gasteiger partial charge in [-0.15, -0.1) is 0 Å². The number of aliphatic carboxylic acids is 1. The number of carboxylic acid groups (broad SMARTS) is 1. The van der Waals surface area contributed by atoms with Gasteiger partial charge >= 0.3 is 5.97 Å². The molecule has 0 unspecified atom stereocenters. The summed E-state index contributed by atoms with van der Waals surface area (Å²) in [6, 6.07) is 1.76. The van der Waals surface area contributed by atoms with Gasteiger partial charge in [-0.2, -0.15) is 0 Å². The van der Waals surface area contributed by atoms with E-state index < -0.39 is 40.0 Å². The molecule has 0 amide bonds. The Morgan fingerprint density at radius 1 is 1.52 bits per heavy atom. The largest absolute Gasteiger partial charge is 0.481 e. The number of carbonyl (C=O) groups is 1. The Bertz CT molecular complexity index is 577. The third-order valence-corrected chi connectivity index (χ3v) is 4.99. The lowest BCUT2D eigenvalue weighted by Crippen LogP contribution is -2.37. The second-order valence-corrected chi connectivity index (χ2v) is 8.73. The van der Waals surface area contributed by atoms with Crippen LogP contribution in [0.1, 0.15) is 38.8 Å². The molecule has 4 nitrogen and oxygen atoms in total. The highest BCUT2D eigenvalue weighted by Gasteiger charge is 2.27. The molecule has 118 valence electrons. The lowest BCUT2D eigenvalue weighted by Gasteiger charge is -2.24. The highest BCUT2D eigenvalue weighted by molar-refractivity contribution is 9.10. The first kappa shape index (κ1) is 18.5. The molecule has 8 heteroatoms. The molecule has 1 rings (SSSR count). The SMILES string of the molecule is CC(C)(C)[S@@](=O)N[C@@H](CC(=O)O)c1cc(Cl)cc(Br)c1F. The fourth-order valence-electron chi connectivity index (χ4n) is 1.53. The molecular formula is C13H16BrClFNO3S. The van der Waals surface area contributed by atoms with E-state index in [9.17, 15) is 13.4 Å². The fraction of sp³-hybridized carbons (Fsp3) is 0.462. The molecule has 0 aromatic heterocycles. The summed E-state index contributed by atoms with van der Waals surface area (Å²) in [4.78, 5) is 11.0. The van der Waals surface area contributed by atoms with Gasteiger partial charge in [0, 0.05) is 10.6 Å². The maximum Gasteiger partial charge on any atom is 0.305 e. The van der Waals surface area contributed by atoms with Crippen molar-refractivity contribution in [3.05, 3.63) is 33.0 Å². The van der Waals surface area contributed by atoms with E-state index in [2.05, 4.69) is 20.7 Å². The first-order valence-electron chi connectivity index (χ1n) is 6.06. The molecule has 1 aromatic carbocycles. The zero-order valence-corrected chi connectivity index (χ0v) is 14.9. The predicted octanol–water partition coefficient (Wildman–Crippen LogP) is 3.81. The summed E-state index contributed by atoms with van der Waals surface area (Å²) in [5.74, 6) is -1.75. The van der Waals surface area contributed by atoms with Crippen molar-refractivity contribution < 1.29 is 18.5 Å². The van der Waals surface area contributed by atoms with E-state index in [0.29, 0.717) is 0 Å². The molecule has 0 aliphatic rings. The summed E-state index contributed by atoms with van der Waals surface area (Å²) in [5.41, 5.74) is 0.0642. The van der Waals surface area contributed by atoms with Crippen LogP contribution in [0.4, 0.5) is 4.39 Å². The van der Waals surface area contributed by atoms with Gasteiger partial charge in [-0.1, -0.05) is 11.6 Å². The van der Waals surface area contributed by atoms with Crippen molar-refractivity contribution in [3.8, 4) is 0 Å². The minimum absolute atomic E-state index is 0.0642. The monoisotopic (exact) mass is 399 g/mol. The van der Waals surface area contributed by atoms with E-state index >= 15 is 0 Å². The van der Waals surface area contributed by atoms with Crippen LogP contribution in [0.25, 0.3) is 0 Å². The van der Waals surface area contributed by atoms with Gasteiger partial charge in [0.15, 0.2) is 0 Å². The number of rotatable bonds is 5. The van der Waals surface area contributed by atoms with Crippen molar-refractivity contribution in [2.45, 2.75) is 38.0 Å². The molecule has 2 N–H and O–H groups in total. The van der Waals surface area contributed by atoms with E-state index in [0.717, 1.165) is 0 Å². The number of carboxylic acids is 1. The quantitative estimate of drug-likeness (QED) is 0.739. The second-order valence-electron chi connectivity index (χ2n) is 5.44. The van der Waals surface area contributed by atoms with Crippen LogP contribution >= 0.6 is 27.5 Å². The van der Waals surface area contributed by atoms with E-state index in [4.69, 9.17) is 16.7 Å². The van der Waals surface area contributed by atoms with Crippen LogP contribution in [0.2, 0.25) is 5.02 Å². The summed E-state index contributed by atoms with van der Waals surface area (Å²) < 4.78 is 28.5. The van der Waals surface area contributed by atoms with Crippen molar-refractivity contribution in [3.63, 3.8) is 0 Å². The average molecular weight is 401 g/mol. The van der Waals surface area contributed by atoms with Gasteiger partial charge < -0.3 is 5.11 Å². The summed E-state index contributed by atoms with van der Waals surface area (Å²) in [6.45, 7) is 5.20. The second kappa shape index (κ2) is 7.17. The molecule has 0 saturated heterocycles. The van der Waals surface area contributed by atoms with Crippen LogP contribution in [0.3, 0.4) is 0 Å². The van der Waals surface area contributed by atoms with Crippen molar-refractivity contribution in [2.75, 3.05) is 0 Å². The number of hydrogen-bond acceptors (Lipinski definition) is 2. The van der Waals surface area contributed by atoms with Gasteiger partial charge in [0.25, 0.3) is 0 Å². The van der Waals surface area contributed by atoms with Gasteiger partial charge in [-0.3, -0.25) is 4.79 Å². The molecule has 21 heavy (non-hydrogen) atoms. The third kappa shape index (κ3) is 5.32. The molecule has 0 bridgehead atoms. The topological polar surface area (TPSA) is 66.4 Å². The van der Waals surface area contributed by atoms with Crippen molar-refractivity contribution >= 4 is 44.5 Å². The zero-order valence-electron chi connectivity index (χ0n) is 11.7. The van der Waals surface area contributed by atoms with Crippen LogP contribution in [0.15, 0.2) is 16.6 Å². The number of halogens is 3. The van der Waals surface area contributed by atoms with Crippen LogP contribution in [0.5, 0.6) is 0 Å². The fourth-order valence-corrected chi connectivity index (χ4v) is 3.18. The van der Waals surface area contributed by atoms with Gasteiger partial charge in [-0.05, 0) is 48.8 Å². The van der Waals surface area contributed by atoms with E-state index in [-0.39, 0.29) is 15.1 Å². The Labute approximate surface area is 138 Å². The van der Waals surface area contributed by atoms with E-state index in [1.165, 1.54) is 12.1 Å². The maximum absolute atomic E-state index is 14.2. The Morgan fingerprint density at radius 2 is 2.10 bits per heavy atom. The Hall–Kier alpha value is -0.500. The normalized spacial score (nSPS) is 14.8. The lowest BCUT2D eigenvalue weighted by molar-refractivity contribution is -0.137. The highest BCUT2D eigenvalue weighted by Crippen LogP contribution is 2.30. The highest BCUT2D eigenvalue weighted by atomic mass is 79.9. The molecular weight excluding hydrogens is 385 g/mol. The smallest absolute Gasteiger partial charge is 0.305 e. The minimum atomic E-state index is -1.54. The Balaban J connectivity index is 3.20. The predicted molar refractivity (Wildman–Crippen MR) is 85.1 cm³/mol. The summed E-state index contributed by atoms with van der Waals surface area (Å²) in [5, 5.41) is 9.25. The van der Waals surface area contributed by atoms with Crippen LogP contribution in [-0.4, -0.2) is 20.0 Å². The number of nitrogens with one attached hydrogen (secondary N) is 1. The van der Waals surface area contributed by atoms with Crippen LogP contribution in [0, 0.1) is 5.82 Å². The molecule has 0 fully saturated rings. The minimum Gasteiger partial charge on any atom is -0.481 e. The van der Waals surface area contributed by atoms with Gasteiger partial charge in [0.05, 0.1) is 32.7 Å². The Morgan fingerprint density at radius 3 is 2.57 bits per heavy atom. The van der Waals surface area contributed by atoms with Gasteiger partial charge in [0.1, 0.15) is 5.82 Å². The molecule has 0 radical (unpaired) electrons. The lowest BCUT2D eigenvalue weighted by atomic mass is 10.0. The molecule has 0 spiro atoms. The first-order chi connectivity index (χ1) is 9.52. The maximum atomic E-state index is 14.2. The molecule has 1 aromatic rings. The molecule has 2 atom stereocenters. The molecule has 0 aliphatic carbocycles. The van der Waals surface area contributed by atoms with Crippen molar-refractivity contribution in [1.29, 1.82) is 0 Å². The van der Waals surface area contributed by atoms with Crippen LogP contribution in [-0.2, 0) is 15.8 Å². The average Bonchev–Trinajstić information content (AvgIpc) is 2.31. The van der Waals surface area contributed by atoms with Crippen LogP contribution < -0.4 is 4.72 Å². The summed E-state index contributed by atoms with van der Waals surface area (Å²) >= 11 is 8.91. The molecule has 0 saturated carbocycles. The standard InChI is InChI=1S/C13H16BrClFNO3S/c1-13(2,3)21(20)17-10(6-11(18)19)8-4-7(15)5-9(14)12(8)16/h4-5,10,17H,6H2,1-3H3,(H,18,19)/t10-,21+/m0/s1. The van der Waals surface area contributed by atoms with E-state index in [1.54, 1.807) is 20.8 Å². The summed E-state index contributed by atoms with van der Waals surface area (Å²) in [7, 11) is -1.54. The third-order valence-electron chi connectivity index (χ3n) is 2.58. The first-order valence-corrected chi connectivity index (χ1v) is 8.38. The van der Waals surface area contributed by atoms with Crippen molar-refractivity contribution in [1.82, 2.24) is 4.72 Å². The Kier molecular flexibility index (Phi) is 6.34. The van der Waals surface area contributed by atoms with E-state index in [1.807, 2.05) is 0 Å². The van der Waals surface area contributed by atoms with Gasteiger partial charge in [0.2, 0.25) is 0 Å². The molecule has 0 aliphatic heterocycles. The van der Waals surface area contributed by atoms with Gasteiger partial charge in [-0.25, -0.2) is 13.3 Å². The summed E-state index contributed by atoms with van der Waals surface area (Å²) in [6.07, 6.45) is -0.411. The number of benzene rings is 1. The number of hydrogen-bond donors (Lipinski definition) is 2. The molecule has 0 heterocycles. The van der Waals surface area contributed by atoms with Crippen molar-refractivity contribution in [2.24, 2.45) is 0 Å².